The number of ether oxygens (including phenoxy) is 2. The third-order valence-electron chi connectivity index (χ3n) is 11.2. The number of phosphoric acid groups is 1. The van der Waals surface area contributed by atoms with Crippen LogP contribution >= 0.6 is 7.82 Å². The van der Waals surface area contributed by atoms with E-state index in [0.29, 0.717) is 13.0 Å². The highest BCUT2D eigenvalue weighted by Gasteiger charge is 2.25. The standard InChI is InChI=1S/C54H100NO7P/c1-3-5-7-9-11-13-15-17-19-21-23-24-25-26-27-28-29-30-32-34-36-38-40-42-44-46-49-59-51-53(52-61-63(57,58)60-50-48-55)62-54(56)47-45-43-41-39-37-35-33-31-22-20-18-16-14-12-10-8-6-4-2/h14-17,20-23,25-26,53H,3-13,18-19,24,27-52,55H2,1-2H3,(H,57,58)/b16-14-,17-15-,22-20-,23-21-,26-25-. The molecule has 0 aromatic carbocycles. The molecule has 0 bridgehead atoms. The van der Waals surface area contributed by atoms with Gasteiger partial charge in [0.15, 0.2) is 0 Å². The summed E-state index contributed by atoms with van der Waals surface area (Å²) in [6.07, 6.45) is 64.0. The van der Waals surface area contributed by atoms with Crippen LogP contribution in [0.25, 0.3) is 0 Å². The fraction of sp³-hybridized carbons (Fsp3) is 0.796. The van der Waals surface area contributed by atoms with Crippen LogP contribution in [0.4, 0.5) is 0 Å². The van der Waals surface area contributed by atoms with Crippen molar-refractivity contribution in [1.29, 1.82) is 0 Å². The molecule has 0 radical (unpaired) electrons. The van der Waals surface area contributed by atoms with Crippen LogP contribution in [-0.4, -0.2) is 49.9 Å². The summed E-state index contributed by atoms with van der Waals surface area (Å²) < 4.78 is 33.6. The van der Waals surface area contributed by atoms with Gasteiger partial charge in [0, 0.05) is 19.6 Å². The molecular weight excluding hydrogens is 806 g/mol. The Morgan fingerprint density at radius 1 is 0.476 bits per heavy atom. The Morgan fingerprint density at radius 3 is 1.27 bits per heavy atom. The topological polar surface area (TPSA) is 117 Å². The number of esters is 1. The van der Waals surface area contributed by atoms with Gasteiger partial charge >= 0.3 is 13.8 Å². The number of unbranched alkanes of at least 4 members (excludes halogenated alkanes) is 27. The van der Waals surface area contributed by atoms with E-state index in [0.717, 1.165) is 57.8 Å². The number of hydrogen-bond acceptors (Lipinski definition) is 7. The van der Waals surface area contributed by atoms with Crippen molar-refractivity contribution in [1.82, 2.24) is 0 Å². The third kappa shape index (κ3) is 51.1. The number of phosphoric ester groups is 1. The molecule has 2 unspecified atom stereocenters. The Kier molecular flexibility index (Phi) is 49.7. The second kappa shape index (κ2) is 51.2. The largest absolute Gasteiger partial charge is 0.472 e. The van der Waals surface area contributed by atoms with E-state index in [4.69, 9.17) is 24.3 Å². The number of carbonyl (C=O) groups is 1. The lowest BCUT2D eigenvalue weighted by Crippen LogP contribution is -2.28. The zero-order valence-corrected chi connectivity index (χ0v) is 42.0. The predicted octanol–water partition coefficient (Wildman–Crippen LogP) is 16.5. The first-order valence-corrected chi connectivity index (χ1v) is 27.8. The molecule has 0 heterocycles. The fourth-order valence-electron chi connectivity index (χ4n) is 7.27. The summed E-state index contributed by atoms with van der Waals surface area (Å²) in [6, 6.07) is 0. The lowest BCUT2D eigenvalue weighted by molar-refractivity contribution is -0.154. The first-order chi connectivity index (χ1) is 30.9. The predicted molar refractivity (Wildman–Crippen MR) is 270 cm³/mol. The van der Waals surface area contributed by atoms with Crippen molar-refractivity contribution in [2.45, 2.75) is 245 Å². The first-order valence-electron chi connectivity index (χ1n) is 26.3. The number of nitrogens with two attached hydrogens (primary N) is 1. The molecule has 0 fully saturated rings. The van der Waals surface area contributed by atoms with E-state index < -0.39 is 13.9 Å². The minimum atomic E-state index is -4.29. The monoisotopic (exact) mass is 906 g/mol. The van der Waals surface area contributed by atoms with Gasteiger partial charge in [-0.2, -0.15) is 0 Å². The zero-order chi connectivity index (χ0) is 45.8. The van der Waals surface area contributed by atoms with E-state index in [2.05, 4.69) is 74.6 Å². The summed E-state index contributed by atoms with van der Waals surface area (Å²) in [5, 5.41) is 0. The van der Waals surface area contributed by atoms with Crippen LogP contribution in [0.2, 0.25) is 0 Å². The second-order valence-corrected chi connectivity index (χ2v) is 18.8. The maximum absolute atomic E-state index is 12.7. The third-order valence-corrected chi connectivity index (χ3v) is 12.1. The van der Waals surface area contributed by atoms with Crippen LogP contribution < -0.4 is 5.73 Å². The molecule has 0 saturated carbocycles. The van der Waals surface area contributed by atoms with E-state index in [1.54, 1.807) is 0 Å². The van der Waals surface area contributed by atoms with Crippen molar-refractivity contribution in [3.8, 4) is 0 Å². The van der Waals surface area contributed by atoms with Crippen molar-refractivity contribution in [3.63, 3.8) is 0 Å². The quantitative estimate of drug-likeness (QED) is 0.0268. The minimum Gasteiger partial charge on any atom is -0.457 e. The second-order valence-electron chi connectivity index (χ2n) is 17.4. The molecule has 0 amide bonds. The lowest BCUT2D eigenvalue weighted by atomic mass is 10.1. The van der Waals surface area contributed by atoms with Crippen LogP contribution in [0, 0.1) is 0 Å². The maximum atomic E-state index is 12.7. The first kappa shape index (κ1) is 61.2. The van der Waals surface area contributed by atoms with E-state index in [1.165, 1.54) is 161 Å². The summed E-state index contributed by atoms with van der Waals surface area (Å²) in [7, 11) is -4.29. The summed E-state index contributed by atoms with van der Waals surface area (Å²) >= 11 is 0. The number of allylic oxidation sites excluding steroid dienone is 10. The highest BCUT2D eigenvalue weighted by molar-refractivity contribution is 7.47. The summed E-state index contributed by atoms with van der Waals surface area (Å²) in [5.74, 6) is -0.338. The zero-order valence-electron chi connectivity index (χ0n) is 41.1. The molecule has 0 aliphatic heterocycles. The van der Waals surface area contributed by atoms with Crippen LogP contribution in [0.5, 0.6) is 0 Å². The summed E-state index contributed by atoms with van der Waals surface area (Å²) in [5.41, 5.74) is 5.39. The molecule has 368 valence electrons. The highest BCUT2D eigenvalue weighted by Crippen LogP contribution is 2.43. The Bertz CT molecular complexity index is 1150. The molecule has 9 heteroatoms. The molecule has 0 aliphatic rings. The van der Waals surface area contributed by atoms with Crippen LogP contribution in [0.15, 0.2) is 60.8 Å². The Morgan fingerprint density at radius 2 is 0.841 bits per heavy atom. The molecule has 0 aliphatic carbocycles. The van der Waals surface area contributed by atoms with E-state index in [9.17, 15) is 14.3 Å². The Labute approximate surface area is 389 Å². The van der Waals surface area contributed by atoms with Gasteiger partial charge in [0.1, 0.15) is 6.10 Å². The smallest absolute Gasteiger partial charge is 0.457 e. The number of rotatable bonds is 50. The van der Waals surface area contributed by atoms with Crippen LogP contribution in [0.1, 0.15) is 239 Å². The highest BCUT2D eigenvalue weighted by atomic mass is 31.2. The minimum absolute atomic E-state index is 0.0966. The average molecular weight is 906 g/mol. The maximum Gasteiger partial charge on any atom is 0.472 e. The number of hydrogen-bond donors (Lipinski definition) is 2. The fourth-order valence-corrected chi connectivity index (χ4v) is 8.04. The van der Waals surface area contributed by atoms with Crippen LogP contribution in [-0.2, 0) is 27.9 Å². The average Bonchev–Trinajstić information content (AvgIpc) is 3.28. The van der Waals surface area contributed by atoms with E-state index in [-0.39, 0.29) is 32.3 Å². The molecule has 3 N–H and O–H groups in total. The Balaban J connectivity index is 3.94. The van der Waals surface area contributed by atoms with Gasteiger partial charge in [-0.15, -0.1) is 0 Å². The van der Waals surface area contributed by atoms with Gasteiger partial charge in [-0.05, 0) is 83.5 Å². The van der Waals surface area contributed by atoms with Gasteiger partial charge in [0.25, 0.3) is 0 Å². The van der Waals surface area contributed by atoms with Crippen molar-refractivity contribution in [2.24, 2.45) is 5.73 Å². The van der Waals surface area contributed by atoms with Gasteiger partial charge in [-0.1, -0.05) is 209 Å². The van der Waals surface area contributed by atoms with Gasteiger partial charge in [-0.25, -0.2) is 4.57 Å². The van der Waals surface area contributed by atoms with E-state index >= 15 is 0 Å². The SMILES string of the molecule is CCCCCC/C=C\C/C=C\CCCCCCCCCC(=O)OC(COCCCCCCCCCCCCC/C=C\C/C=C\C/C=C\CCCCCCC)COP(=O)(O)OCCN. The van der Waals surface area contributed by atoms with Crippen molar-refractivity contribution < 1.29 is 32.8 Å². The molecular formula is C54H100NO7P. The molecule has 0 rings (SSSR count). The molecule has 8 nitrogen and oxygen atoms in total. The summed E-state index contributed by atoms with van der Waals surface area (Å²) in [6.45, 7) is 4.90. The normalized spacial score (nSPS) is 13.8. The summed E-state index contributed by atoms with van der Waals surface area (Å²) in [4.78, 5) is 22.6. The van der Waals surface area contributed by atoms with Crippen molar-refractivity contribution in [2.75, 3.05) is 33.0 Å². The van der Waals surface area contributed by atoms with Crippen LogP contribution in [0.3, 0.4) is 0 Å². The van der Waals surface area contributed by atoms with Gasteiger partial charge < -0.3 is 20.1 Å². The molecule has 63 heavy (non-hydrogen) atoms. The lowest BCUT2D eigenvalue weighted by Gasteiger charge is -2.20. The van der Waals surface area contributed by atoms with Gasteiger partial charge in [0.2, 0.25) is 0 Å². The Hall–Kier alpha value is -1.80. The van der Waals surface area contributed by atoms with Gasteiger partial charge in [-0.3, -0.25) is 13.8 Å². The molecule has 0 spiro atoms. The van der Waals surface area contributed by atoms with Crippen molar-refractivity contribution in [3.05, 3.63) is 60.8 Å². The van der Waals surface area contributed by atoms with E-state index in [1.807, 2.05) is 0 Å². The molecule has 0 aromatic heterocycles. The molecule has 0 aromatic rings. The molecule has 2 atom stereocenters. The van der Waals surface area contributed by atoms with Gasteiger partial charge in [0.05, 0.1) is 19.8 Å². The van der Waals surface area contributed by atoms with Crippen molar-refractivity contribution >= 4 is 13.8 Å². The molecule has 0 saturated heterocycles. The number of carbonyl (C=O) groups excluding carboxylic acids is 1.